The molecule has 1 saturated heterocycles. The molecule has 3 heteroatoms. The van der Waals surface area contributed by atoms with E-state index in [-0.39, 0.29) is 5.92 Å². The Hall–Kier alpha value is -1.42. The van der Waals surface area contributed by atoms with Crippen molar-refractivity contribution in [3.05, 3.63) is 57.6 Å². The summed E-state index contributed by atoms with van der Waals surface area (Å²) in [5.41, 5.74) is 7.91. The highest BCUT2D eigenvalue weighted by molar-refractivity contribution is 7.01. The second kappa shape index (κ2) is 7.86. The molecule has 0 radical (unpaired) electrons. The first-order valence-electron chi connectivity index (χ1n) is 11.8. The van der Waals surface area contributed by atoms with Gasteiger partial charge in [0.15, 0.2) is 5.79 Å². The van der Waals surface area contributed by atoms with Crippen LogP contribution in [0.25, 0.3) is 0 Å². The van der Waals surface area contributed by atoms with Gasteiger partial charge in [-0.25, -0.2) is 0 Å². The zero-order valence-corrected chi connectivity index (χ0v) is 22.8. The smallest absolute Gasteiger partial charge is 0.292 e. The van der Waals surface area contributed by atoms with E-state index in [2.05, 4.69) is 107 Å². The van der Waals surface area contributed by atoms with Crippen LogP contribution in [0.3, 0.4) is 0 Å². The summed E-state index contributed by atoms with van der Waals surface area (Å²) in [6.07, 6.45) is 0. The van der Waals surface area contributed by atoms with Gasteiger partial charge in [-0.15, -0.1) is 0 Å². The fourth-order valence-corrected chi connectivity index (χ4v) is 12.1. The van der Waals surface area contributed by atoms with Crippen LogP contribution in [0, 0.1) is 53.4 Å². The van der Waals surface area contributed by atoms with E-state index in [9.17, 15) is 0 Å². The molecule has 0 amide bonds. The Morgan fingerprint density at radius 1 is 0.645 bits per heavy atom. The van der Waals surface area contributed by atoms with E-state index in [0.29, 0.717) is 5.92 Å². The Bertz CT molecular complexity index is 903. The minimum atomic E-state index is -2.85. The first kappa shape index (κ1) is 24.2. The zero-order valence-electron chi connectivity index (χ0n) is 21.8. The van der Waals surface area contributed by atoms with Crippen molar-refractivity contribution >= 4 is 18.7 Å². The Balaban J connectivity index is 2.56. The fraction of sp³-hybridized carbons (Fsp3) is 0.571. The van der Waals surface area contributed by atoms with Crippen molar-refractivity contribution in [3.8, 4) is 0 Å². The van der Waals surface area contributed by atoms with Gasteiger partial charge in [0, 0.05) is 5.92 Å². The Morgan fingerprint density at radius 2 is 1.00 bits per heavy atom. The van der Waals surface area contributed by atoms with Crippen LogP contribution in [0.1, 0.15) is 74.9 Å². The highest BCUT2D eigenvalue weighted by Gasteiger charge is 2.69. The monoisotopic (exact) mass is 438 g/mol. The summed E-state index contributed by atoms with van der Waals surface area (Å²) in [5, 5.41) is 2.39. The molecule has 31 heavy (non-hydrogen) atoms. The van der Waals surface area contributed by atoms with Crippen LogP contribution in [0.2, 0.25) is 0 Å². The first-order chi connectivity index (χ1) is 14.2. The Kier molecular flexibility index (Phi) is 6.14. The van der Waals surface area contributed by atoms with Gasteiger partial charge < -0.3 is 9.16 Å². The van der Waals surface area contributed by atoms with Crippen LogP contribution in [-0.2, 0) is 9.16 Å². The van der Waals surface area contributed by atoms with Crippen molar-refractivity contribution in [1.29, 1.82) is 0 Å². The van der Waals surface area contributed by atoms with Crippen molar-refractivity contribution < 1.29 is 9.16 Å². The van der Waals surface area contributed by atoms with Gasteiger partial charge in [-0.2, -0.15) is 0 Å². The molecule has 0 bridgehead atoms. The van der Waals surface area contributed by atoms with Gasteiger partial charge >= 0.3 is 0 Å². The molecular weight excluding hydrogens is 396 g/mol. The maximum absolute atomic E-state index is 7.47. The molecule has 2 aromatic rings. The molecule has 0 spiro atoms. The standard InChI is InChI=1S/C28H42O2Si/c1-17(2)27(11)29-28(12,18(3)4)31(30-27,25-21(7)13-19(5)14-22(25)8)26-23(9)15-20(6)16-24(26)10/h13-18H,1-12H3. The number of rotatable bonds is 4. The van der Waals surface area contributed by atoms with Gasteiger partial charge in [0.1, 0.15) is 0 Å². The molecular formula is C28H42O2Si. The maximum Gasteiger partial charge on any atom is 0.292 e. The van der Waals surface area contributed by atoms with Crippen molar-refractivity contribution in [2.75, 3.05) is 0 Å². The molecule has 170 valence electrons. The molecule has 0 saturated carbocycles. The van der Waals surface area contributed by atoms with E-state index >= 15 is 0 Å². The van der Waals surface area contributed by atoms with E-state index in [1.54, 1.807) is 0 Å². The topological polar surface area (TPSA) is 18.5 Å². The van der Waals surface area contributed by atoms with Crippen molar-refractivity contribution in [2.45, 2.75) is 94.1 Å². The predicted molar refractivity (Wildman–Crippen MR) is 135 cm³/mol. The number of hydrogen-bond acceptors (Lipinski definition) is 2. The molecule has 3 rings (SSSR count). The molecule has 0 aromatic heterocycles. The quantitative estimate of drug-likeness (QED) is 0.548. The summed E-state index contributed by atoms with van der Waals surface area (Å²) >= 11 is 0. The molecule has 1 fully saturated rings. The summed E-state index contributed by atoms with van der Waals surface area (Å²) in [6.45, 7) is 26.9. The highest BCUT2D eigenvalue weighted by atomic mass is 28.4. The summed E-state index contributed by atoms with van der Waals surface area (Å²) in [5.74, 6) is -0.0734. The van der Waals surface area contributed by atoms with Gasteiger partial charge in [-0.1, -0.05) is 63.1 Å². The lowest BCUT2D eigenvalue weighted by Gasteiger charge is -2.44. The fourth-order valence-electron chi connectivity index (χ4n) is 5.87. The van der Waals surface area contributed by atoms with Crippen LogP contribution in [0.4, 0.5) is 0 Å². The van der Waals surface area contributed by atoms with Crippen molar-refractivity contribution in [3.63, 3.8) is 0 Å². The van der Waals surface area contributed by atoms with E-state index < -0.39 is 19.3 Å². The summed E-state index contributed by atoms with van der Waals surface area (Å²) in [7, 11) is -2.85. The molecule has 0 N–H and O–H groups in total. The van der Waals surface area contributed by atoms with Crippen molar-refractivity contribution in [1.82, 2.24) is 0 Å². The minimum absolute atomic E-state index is 0.247. The number of ether oxygens (including phenoxy) is 1. The molecule has 2 nitrogen and oxygen atoms in total. The molecule has 2 aromatic carbocycles. The van der Waals surface area contributed by atoms with Gasteiger partial charge in [-0.05, 0) is 93.9 Å². The number of benzene rings is 2. The SMILES string of the molecule is Cc1cc(C)c([Si]2(c3c(C)cc(C)cc3C)OC(C)(C(C)C)OC2(C)C(C)C)c(C)c1. The molecule has 1 heterocycles. The maximum atomic E-state index is 7.47. The average molecular weight is 439 g/mol. The van der Waals surface area contributed by atoms with Gasteiger partial charge in [0.05, 0.1) is 5.22 Å². The number of hydrogen-bond donors (Lipinski definition) is 0. The van der Waals surface area contributed by atoms with Crippen LogP contribution in [0.15, 0.2) is 24.3 Å². The lowest BCUT2D eigenvalue weighted by molar-refractivity contribution is -0.202. The zero-order chi connectivity index (χ0) is 23.5. The summed E-state index contributed by atoms with van der Waals surface area (Å²) in [4.78, 5) is 0. The molecule has 1 aliphatic rings. The third-order valence-corrected chi connectivity index (χ3v) is 13.5. The predicted octanol–water partition coefficient (Wildman–Crippen LogP) is 5.97. The Morgan fingerprint density at radius 3 is 1.29 bits per heavy atom. The lowest BCUT2D eigenvalue weighted by atomic mass is 10.0. The van der Waals surface area contributed by atoms with Gasteiger partial charge in [-0.3, -0.25) is 0 Å². The third-order valence-electron chi connectivity index (χ3n) is 7.68. The lowest BCUT2D eigenvalue weighted by Crippen LogP contribution is -2.75. The molecule has 2 unspecified atom stereocenters. The Labute approximate surface area is 191 Å². The van der Waals surface area contributed by atoms with Crippen LogP contribution in [-0.4, -0.2) is 19.3 Å². The molecule has 1 aliphatic heterocycles. The van der Waals surface area contributed by atoms with Crippen LogP contribution < -0.4 is 10.4 Å². The minimum Gasteiger partial charge on any atom is -0.378 e. The van der Waals surface area contributed by atoms with E-state index in [4.69, 9.17) is 9.16 Å². The highest BCUT2D eigenvalue weighted by Crippen LogP contribution is 2.49. The van der Waals surface area contributed by atoms with E-state index in [1.807, 2.05) is 0 Å². The van der Waals surface area contributed by atoms with E-state index in [0.717, 1.165) is 0 Å². The van der Waals surface area contributed by atoms with Gasteiger partial charge in [0.25, 0.3) is 8.32 Å². The average Bonchev–Trinajstić information content (AvgIpc) is 2.83. The summed E-state index contributed by atoms with van der Waals surface area (Å²) in [6, 6.07) is 9.30. The second-order valence-electron chi connectivity index (χ2n) is 10.9. The van der Waals surface area contributed by atoms with Gasteiger partial charge in [0.2, 0.25) is 0 Å². The number of aryl methyl sites for hydroxylation is 6. The van der Waals surface area contributed by atoms with Crippen molar-refractivity contribution in [2.24, 2.45) is 11.8 Å². The van der Waals surface area contributed by atoms with Crippen LogP contribution >= 0.6 is 0 Å². The second-order valence-corrected chi connectivity index (χ2v) is 14.4. The summed E-state index contributed by atoms with van der Waals surface area (Å²) < 4.78 is 14.6. The molecule has 2 atom stereocenters. The van der Waals surface area contributed by atoms with E-state index in [1.165, 1.54) is 43.8 Å². The normalized spacial score (nSPS) is 25.6. The first-order valence-corrected chi connectivity index (χ1v) is 13.7. The van der Waals surface area contributed by atoms with Crippen LogP contribution in [0.5, 0.6) is 0 Å². The largest absolute Gasteiger partial charge is 0.378 e. The third kappa shape index (κ3) is 3.53. The molecule has 0 aliphatic carbocycles.